The molecule has 0 aromatic rings. The largest absolute Gasteiger partial charge is 0.480 e. The number of carbonyl (C=O) groups is 3. The molecule has 1 atom stereocenters. The highest BCUT2D eigenvalue weighted by atomic mass is 16.5. The van der Waals surface area contributed by atoms with E-state index in [2.05, 4.69) is 31.3 Å². The van der Waals surface area contributed by atoms with Crippen LogP contribution in [0.15, 0.2) is 12.2 Å². The molecule has 0 saturated carbocycles. The molecule has 0 bridgehead atoms. The number of rotatable bonds is 34. The average molecular weight is 622 g/mol. The van der Waals surface area contributed by atoms with E-state index in [0.29, 0.717) is 12.8 Å². The number of esters is 1. The second-order valence-electron chi connectivity index (χ2n) is 12.8. The van der Waals surface area contributed by atoms with Crippen LogP contribution in [0.2, 0.25) is 0 Å². The average Bonchev–Trinajstić information content (AvgIpc) is 3.00. The molecule has 0 aliphatic heterocycles. The van der Waals surface area contributed by atoms with Crippen LogP contribution in [0.5, 0.6) is 0 Å². The molecular formula is C38H71NO5. The SMILES string of the molecule is CCCCCC/C=C\C(CCCCCCC(=O)NCC(=O)O)OC(=O)CCCCCCCCCCCCCCCCCCC. The van der Waals surface area contributed by atoms with Gasteiger partial charge in [-0.3, -0.25) is 14.4 Å². The molecule has 0 aromatic heterocycles. The van der Waals surface area contributed by atoms with Crippen molar-refractivity contribution in [1.82, 2.24) is 5.32 Å². The fourth-order valence-electron chi connectivity index (χ4n) is 5.60. The van der Waals surface area contributed by atoms with Crippen LogP contribution >= 0.6 is 0 Å². The maximum Gasteiger partial charge on any atom is 0.322 e. The van der Waals surface area contributed by atoms with E-state index in [1.54, 1.807) is 0 Å². The molecule has 0 aliphatic carbocycles. The van der Waals surface area contributed by atoms with Crippen LogP contribution in [0, 0.1) is 0 Å². The third-order valence-electron chi connectivity index (χ3n) is 8.42. The highest BCUT2D eigenvalue weighted by Crippen LogP contribution is 2.16. The first-order chi connectivity index (χ1) is 21.5. The Bertz CT molecular complexity index is 693. The lowest BCUT2D eigenvalue weighted by molar-refractivity contribution is -0.147. The first-order valence-electron chi connectivity index (χ1n) is 18.8. The minimum atomic E-state index is -1.03. The summed E-state index contributed by atoms with van der Waals surface area (Å²) in [5.74, 6) is -1.32. The molecule has 2 N–H and O–H groups in total. The highest BCUT2D eigenvalue weighted by Gasteiger charge is 2.12. The van der Waals surface area contributed by atoms with E-state index in [4.69, 9.17) is 9.84 Å². The van der Waals surface area contributed by atoms with Crippen molar-refractivity contribution in [2.24, 2.45) is 0 Å². The normalized spacial score (nSPS) is 12.0. The number of amides is 1. The van der Waals surface area contributed by atoms with Crippen LogP contribution in [0.1, 0.15) is 200 Å². The molecule has 0 heterocycles. The van der Waals surface area contributed by atoms with Gasteiger partial charge in [-0.1, -0.05) is 155 Å². The highest BCUT2D eigenvalue weighted by molar-refractivity contribution is 5.80. The van der Waals surface area contributed by atoms with Crippen molar-refractivity contribution >= 4 is 17.8 Å². The van der Waals surface area contributed by atoms with Gasteiger partial charge in [0.1, 0.15) is 12.6 Å². The molecule has 0 rings (SSSR count). The zero-order chi connectivity index (χ0) is 32.4. The van der Waals surface area contributed by atoms with E-state index in [1.165, 1.54) is 122 Å². The molecule has 1 unspecified atom stereocenters. The van der Waals surface area contributed by atoms with Crippen LogP contribution < -0.4 is 5.32 Å². The Hall–Kier alpha value is -1.85. The Kier molecular flexibility index (Phi) is 32.6. The van der Waals surface area contributed by atoms with Crippen LogP contribution in [0.25, 0.3) is 0 Å². The van der Waals surface area contributed by atoms with Gasteiger partial charge >= 0.3 is 11.9 Å². The smallest absolute Gasteiger partial charge is 0.322 e. The quantitative estimate of drug-likeness (QED) is 0.0423. The second-order valence-corrected chi connectivity index (χ2v) is 12.8. The van der Waals surface area contributed by atoms with Crippen molar-refractivity contribution in [3.8, 4) is 0 Å². The lowest BCUT2D eigenvalue weighted by atomic mass is 10.0. The van der Waals surface area contributed by atoms with E-state index in [0.717, 1.165) is 51.4 Å². The van der Waals surface area contributed by atoms with E-state index in [-0.39, 0.29) is 24.5 Å². The molecule has 0 fully saturated rings. The maximum absolute atomic E-state index is 12.6. The molecule has 6 nitrogen and oxygen atoms in total. The predicted octanol–water partition coefficient (Wildman–Crippen LogP) is 11.0. The number of unbranched alkanes of at least 4 members (excludes halogenated alkanes) is 23. The second kappa shape index (κ2) is 34.0. The zero-order valence-electron chi connectivity index (χ0n) is 29.0. The molecule has 1 amide bonds. The number of carboxylic acids is 1. The number of ether oxygens (including phenoxy) is 1. The summed E-state index contributed by atoms with van der Waals surface area (Å²) < 4.78 is 5.86. The topological polar surface area (TPSA) is 92.7 Å². The number of aliphatic carboxylic acids is 1. The summed E-state index contributed by atoms with van der Waals surface area (Å²) in [7, 11) is 0. The van der Waals surface area contributed by atoms with Gasteiger partial charge in [-0.25, -0.2) is 0 Å². The molecule has 0 aromatic carbocycles. The summed E-state index contributed by atoms with van der Waals surface area (Å²) in [6, 6.07) is 0. The van der Waals surface area contributed by atoms with Crippen molar-refractivity contribution in [2.45, 2.75) is 206 Å². The Morgan fingerprint density at radius 1 is 0.591 bits per heavy atom. The number of hydrogen-bond acceptors (Lipinski definition) is 4. The third-order valence-corrected chi connectivity index (χ3v) is 8.42. The van der Waals surface area contributed by atoms with Crippen molar-refractivity contribution in [3.63, 3.8) is 0 Å². The lowest BCUT2D eigenvalue weighted by Gasteiger charge is -2.15. The molecule has 258 valence electrons. The number of hydrogen-bond donors (Lipinski definition) is 2. The van der Waals surface area contributed by atoms with Gasteiger partial charge < -0.3 is 15.2 Å². The van der Waals surface area contributed by atoms with Crippen LogP contribution in [-0.4, -0.2) is 35.6 Å². The summed E-state index contributed by atoms with van der Waals surface area (Å²) in [5.41, 5.74) is 0. The van der Waals surface area contributed by atoms with Gasteiger partial charge in [-0.05, 0) is 44.6 Å². The summed E-state index contributed by atoms with van der Waals surface area (Å²) >= 11 is 0. The molecule has 44 heavy (non-hydrogen) atoms. The van der Waals surface area contributed by atoms with Crippen LogP contribution in [0.4, 0.5) is 0 Å². The number of allylic oxidation sites excluding steroid dienone is 1. The minimum absolute atomic E-state index is 0.0818. The monoisotopic (exact) mass is 622 g/mol. The number of carboxylic acid groups (broad SMARTS) is 1. The third kappa shape index (κ3) is 33.1. The molecule has 0 spiro atoms. The molecular weight excluding hydrogens is 550 g/mol. The van der Waals surface area contributed by atoms with E-state index >= 15 is 0 Å². The fraction of sp³-hybridized carbons (Fsp3) is 0.868. The molecule has 6 heteroatoms. The summed E-state index contributed by atoms with van der Waals surface area (Å²) in [4.78, 5) is 34.7. The summed E-state index contributed by atoms with van der Waals surface area (Å²) in [5, 5.41) is 11.0. The fourth-order valence-corrected chi connectivity index (χ4v) is 5.60. The standard InChI is InChI=1S/C38H71NO5/c1-3-5-7-9-11-12-13-14-15-16-17-18-19-20-21-23-29-33-38(43)44-35(30-26-22-10-8-6-4-2)31-27-24-25-28-32-36(40)39-34-37(41)42/h26,30,35H,3-25,27-29,31-34H2,1-2H3,(H,39,40)(H,41,42)/b30-26-. The van der Waals surface area contributed by atoms with Crippen molar-refractivity contribution in [1.29, 1.82) is 0 Å². The van der Waals surface area contributed by atoms with Gasteiger partial charge in [0.15, 0.2) is 0 Å². The molecule has 0 radical (unpaired) electrons. The maximum atomic E-state index is 12.6. The van der Waals surface area contributed by atoms with Gasteiger partial charge in [0.2, 0.25) is 5.91 Å². The summed E-state index contributed by atoms with van der Waals surface area (Å²) in [6.45, 7) is 4.17. The Balaban J connectivity index is 3.95. The van der Waals surface area contributed by atoms with Crippen molar-refractivity contribution in [2.75, 3.05) is 6.54 Å². The first-order valence-corrected chi connectivity index (χ1v) is 18.8. The van der Waals surface area contributed by atoms with Crippen molar-refractivity contribution in [3.05, 3.63) is 12.2 Å². The van der Waals surface area contributed by atoms with Gasteiger partial charge in [-0.15, -0.1) is 0 Å². The molecule has 0 saturated heterocycles. The Morgan fingerprint density at radius 2 is 1.02 bits per heavy atom. The van der Waals surface area contributed by atoms with E-state index in [1.807, 2.05) is 0 Å². The van der Waals surface area contributed by atoms with Crippen molar-refractivity contribution < 1.29 is 24.2 Å². The molecule has 0 aliphatic rings. The van der Waals surface area contributed by atoms with E-state index in [9.17, 15) is 14.4 Å². The predicted molar refractivity (Wildman–Crippen MR) is 185 cm³/mol. The van der Waals surface area contributed by atoms with Gasteiger partial charge in [-0.2, -0.15) is 0 Å². The zero-order valence-corrected chi connectivity index (χ0v) is 29.0. The van der Waals surface area contributed by atoms with Gasteiger partial charge in [0.05, 0.1) is 0 Å². The Morgan fingerprint density at radius 3 is 1.52 bits per heavy atom. The van der Waals surface area contributed by atoms with Crippen LogP contribution in [-0.2, 0) is 19.1 Å². The summed E-state index contributed by atoms with van der Waals surface area (Å²) in [6.07, 6.45) is 37.8. The first kappa shape index (κ1) is 42.1. The van der Waals surface area contributed by atoms with E-state index < -0.39 is 5.97 Å². The van der Waals surface area contributed by atoms with Gasteiger partial charge in [0, 0.05) is 12.8 Å². The number of carbonyl (C=O) groups excluding carboxylic acids is 2. The number of nitrogens with one attached hydrogen (secondary N) is 1. The van der Waals surface area contributed by atoms with Crippen LogP contribution in [0.3, 0.4) is 0 Å². The Labute approximate surface area is 271 Å². The lowest BCUT2D eigenvalue weighted by Crippen LogP contribution is -2.28. The van der Waals surface area contributed by atoms with Gasteiger partial charge in [0.25, 0.3) is 0 Å². The minimum Gasteiger partial charge on any atom is -0.480 e.